The first kappa shape index (κ1) is 14.3. The largest absolute Gasteiger partial charge is 0.397 e. The number of hydrogen-bond donors (Lipinski definition) is 2. The van der Waals surface area contributed by atoms with Crippen molar-refractivity contribution in [2.24, 2.45) is 0 Å². The van der Waals surface area contributed by atoms with E-state index in [-0.39, 0.29) is 11.6 Å². The van der Waals surface area contributed by atoms with Crippen molar-refractivity contribution in [1.82, 2.24) is 0 Å². The highest BCUT2D eigenvalue weighted by Crippen LogP contribution is 2.23. The third-order valence-electron chi connectivity index (χ3n) is 2.43. The van der Waals surface area contributed by atoms with E-state index in [0.29, 0.717) is 11.3 Å². The number of rotatable bonds is 2. The number of hydrogen-bond acceptors (Lipinski definition) is 2. The molecule has 0 saturated carbocycles. The molecule has 1 amide bonds. The minimum atomic E-state index is -0.437. The highest BCUT2D eigenvalue weighted by atomic mass is 127. The molecule has 0 aliphatic heterocycles. The molecular weight excluding hydrogens is 426 g/mol. The Labute approximate surface area is 131 Å². The number of nitrogens with one attached hydrogen (secondary N) is 1. The first-order valence-electron chi connectivity index (χ1n) is 5.29. The number of nitrogen functional groups attached to an aromatic ring is 1. The molecule has 3 nitrogen and oxygen atoms in total. The molecule has 0 radical (unpaired) electrons. The summed E-state index contributed by atoms with van der Waals surface area (Å²) in [6.45, 7) is 0. The normalized spacial score (nSPS) is 10.3. The smallest absolute Gasteiger partial charge is 0.256 e. The van der Waals surface area contributed by atoms with Crippen LogP contribution >= 0.6 is 38.5 Å². The van der Waals surface area contributed by atoms with Gasteiger partial charge in [-0.2, -0.15) is 0 Å². The molecule has 3 N–H and O–H groups in total. The van der Waals surface area contributed by atoms with Crippen molar-refractivity contribution < 1.29 is 9.18 Å². The highest BCUT2D eigenvalue weighted by Gasteiger charge is 2.12. The fourth-order valence-electron chi connectivity index (χ4n) is 1.51. The summed E-state index contributed by atoms with van der Waals surface area (Å²) in [5, 5.41) is 2.67. The van der Waals surface area contributed by atoms with E-state index in [1.165, 1.54) is 18.2 Å². The minimum Gasteiger partial charge on any atom is -0.397 e. The zero-order chi connectivity index (χ0) is 14.0. The van der Waals surface area contributed by atoms with Crippen LogP contribution < -0.4 is 11.1 Å². The summed E-state index contributed by atoms with van der Waals surface area (Å²) in [4.78, 5) is 12.1. The topological polar surface area (TPSA) is 55.1 Å². The Bertz CT molecular complexity index is 649. The molecule has 0 spiro atoms. The van der Waals surface area contributed by atoms with E-state index in [9.17, 15) is 9.18 Å². The van der Waals surface area contributed by atoms with Crippen molar-refractivity contribution in [3.8, 4) is 0 Å². The first-order chi connectivity index (χ1) is 8.97. The number of carbonyl (C=O) groups excluding carboxylic acids is 1. The lowest BCUT2D eigenvalue weighted by Crippen LogP contribution is -2.14. The lowest BCUT2D eigenvalue weighted by molar-refractivity contribution is 0.102. The molecule has 0 fully saturated rings. The van der Waals surface area contributed by atoms with E-state index in [2.05, 4.69) is 43.8 Å². The monoisotopic (exact) mass is 434 g/mol. The third kappa shape index (κ3) is 3.44. The summed E-state index contributed by atoms with van der Waals surface area (Å²) in [6, 6.07) is 9.25. The Kier molecular flexibility index (Phi) is 4.41. The zero-order valence-electron chi connectivity index (χ0n) is 9.58. The van der Waals surface area contributed by atoms with Gasteiger partial charge < -0.3 is 11.1 Å². The predicted octanol–water partition coefficient (Wildman–Crippen LogP) is 4.03. The van der Waals surface area contributed by atoms with Gasteiger partial charge in [0.25, 0.3) is 5.91 Å². The molecule has 0 aromatic heterocycles. The number of halogens is 3. The van der Waals surface area contributed by atoms with Crippen LogP contribution in [0.15, 0.2) is 40.9 Å². The Morgan fingerprint density at radius 3 is 2.68 bits per heavy atom. The average Bonchev–Trinajstić information content (AvgIpc) is 2.35. The molecule has 2 aromatic carbocycles. The van der Waals surface area contributed by atoms with Crippen molar-refractivity contribution in [2.75, 3.05) is 11.1 Å². The molecule has 0 saturated heterocycles. The SMILES string of the molecule is Nc1cc(F)ccc1NC(=O)c1cc(Br)ccc1I. The molecule has 0 heterocycles. The number of anilines is 2. The maximum Gasteiger partial charge on any atom is 0.256 e. The zero-order valence-corrected chi connectivity index (χ0v) is 13.3. The van der Waals surface area contributed by atoms with Gasteiger partial charge in [0.2, 0.25) is 0 Å². The van der Waals surface area contributed by atoms with Crippen molar-refractivity contribution in [2.45, 2.75) is 0 Å². The van der Waals surface area contributed by atoms with Crippen LogP contribution in [0.3, 0.4) is 0 Å². The highest BCUT2D eigenvalue weighted by molar-refractivity contribution is 14.1. The van der Waals surface area contributed by atoms with E-state index in [0.717, 1.165) is 8.04 Å². The van der Waals surface area contributed by atoms with Gasteiger partial charge in [-0.1, -0.05) is 15.9 Å². The van der Waals surface area contributed by atoms with Gasteiger partial charge in [0, 0.05) is 8.04 Å². The molecule has 2 rings (SSSR count). The molecule has 0 aliphatic carbocycles. The maximum absolute atomic E-state index is 12.9. The van der Waals surface area contributed by atoms with Crippen LogP contribution in [0.5, 0.6) is 0 Å². The number of amides is 1. The summed E-state index contributed by atoms with van der Waals surface area (Å²) in [6.07, 6.45) is 0. The summed E-state index contributed by atoms with van der Waals surface area (Å²) < 4.78 is 14.6. The molecule has 98 valence electrons. The van der Waals surface area contributed by atoms with Gasteiger partial charge in [-0.05, 0) is 59.0 Å². The van der Waals surface area contributed by atoms with E-state index < -0.39 is 5.82 Å². The van der Waals surface area contributed by atoms with E-state index >= 15 is 0 Å². The molecule has 0 bridgehead atoms. The van der Waals surface area contributed by atoms with Crippen LogP contribution in [-0.2, 0) is 0 Å². The Hall–Kier alpha value is -1.15. The summed E-state index contributed by atoms with van der Waals surface area (Å²) in [7, 11) is 0. The Morgan fingerprint density at radius 1 is 1.26 bits per heavy atom. The Balaban J connectivity index is 2.28. The standard InChI is InChI=1S/C13H9BrFIN2O/c14-7-1-3-10(16)9(5-7)13(19)18-12-4-2-8(15)6-11(12)17/h1-6H,17H2,(H,18,19). The maximum atomic E-state index is 12.9. The van der Waals surface area contributed by atoms with Crippen LogP contribution in [0.4, 0.5) is 15.8 Å². The molecule has 2 aromatic rings. The third-order valence-corrected chi connectivity index (χ3v) is 3.87. The van der Waals surface area contributed by atoms with Crippen molar-refractivity contribution >= 4 is 55.8 Å². The fourth-order valence-corrected chi connectivity index (χ4v) is 2.45. The lowest BCUT2D eigenvalue weighted by atomic mass is 10.2. The Morgan fingerprint density at radius 2 is 2.00 bits per heavy atom. The van der Waals surface area contributed by atoms with E-state index in [1.54, 1.807) is 6.07 Å². The molecule has 6 heteroatoms. The molecule has 0 unspecified atom stereocenters. The van der Waals surface area contributed by atoms with E-state index in [4.69, 9.17) is 5.73 Å². The second-order valence-electron chi connectivity index (χ2n) is 3.81. The quantitative estimate of drug-likeness (QED) is 0.553. The van der Waals surface area contributed by atoms with Gasteiger partial charge >= 0.3 is 0 Å². The molecule has 0 atom stereocenters. The number of nitrogens with two attached hydrogens (primary N) is 1. The van der Waals surface area contributed by atoms with Gasteiger partial charge in [-0.3, -0.25) is 4.79 Å². The van der Waals surface area contributed by atoms with Gasteiger partial charge in [-0.15, -0.1) is 0 Å². The van der Waals surface area contributed by atoms with Crippen LogP contribution in [-0.4, -0.2) is 5.91 Å². The van der Waals surface area contributed by atoms with Crippen LogP contribution in [0.25, 0.3) is 0 Å². The molecule has 19 heavy (non-hydrogen) atoms. The van der Waals surface area contributed by atoms with E-state index in [1.807, 2.05) is 12.1 Å². The van der Waals surface area contributed by atoms with Gasteiger partial charge in [-0.25, -0.2) is 4.39 Å². The average molecular weight is 435 g/mol. The van der Waals surface area contributed by atoms with Crippen LogP contribution in [0.2, 0.25) is 0 Å². The predicted molar refractivity (Wildman–Crippen MR) is 85.6 cm³/mol. The van der Waals surface area contributed by atoms with Gasteiger partial charge in [0.1, 0.15) is 5.82 Å². The van der Waals surface area contributed by atoms with Crippen molar-refractivity contribution in [1.29, 1.82) is 0 Å². The number of carbonyl (C=O) groups is 1. The van der Waals surface area contributed by atoms with Crippen LogP contribution in [0.1, 0.15) is 10.4 Å². The van der Waals surface area contributed by atoms with Crippen LogP contribution in [0, 0.1) is 9.39 Å². The molecular formula is C13H9BrFIN2O. The second-order valence-corrected chi connectivity index (χ2v) is 5.89. The fraction of sp³-hybridized carbons (Fsp3) is 0. The lowest BCUT2D eigenvalue weighted by Gasteiger charge is -2.09. The number of benzene rings is 2. The van der Waals surface area contributed by atoms with Gasteiger partial charge in [0.05, 0.1) is 16.9 Å². The van der Waals surface area contributed by atoms with Crippen molar-refractivity contribution in [3.05, 3.63) is 55.8 Å². The summed E-state index contributed by atoms with van der Waals surface area (Å²) >= 11 is 5.39. The van der Waals surface area contributed by atoms with Gasteiger partial charge in [0.15, 0.2) is 0 Å². The first-order valence-corrected chi connectivity index (χ1v) is 7.16. The summed E-state index contributed by atoms with van der Waals surface area (Å²) in [5.74, 6) is -0.725. The van der Waals surface area contributed by atoms with Crippen molar-refractivity contribution in [3.63, 3.8) is 0 Å². The second kappa shape index (κ2) is 5.87. The minimum absolute atomic E-state index is 0.193. The molecule has 0 aliphatic rings. The summed E-state index contributed by atoms with van der Waals surface area (Å²) in [5.41, 5.74) is 6.76.